The molecule has 2 nitrogen and oxygen atoms in total. The van der Waals surface area contributed by atoms with Gasteiger partial charge in [0.1, 0.15) is 5.82 Å². The van der Waals surface area contributed by atoms with Crippen molar-refractivity contribution >= 4 is 10.8 Å². The van der Waals surface area contributed by atoms with Crippen LogP contribution in [-0.2, 0) is 6.54 Å². The quantitative estimate of drug-likeness (QED) is 0.826. The highest BCUT2D eigenvalue weighted by molar-refractivity contribution is 5.81. The van der Waals surface area contributed by atoms with Crippen LogP contribution in [-0.4, -0.2) is 22.0 Å². The number of aromatic nitrogens is 1. The number of fused-ring (bicyclic) bond motifs is 1. The average molecular weight is 260 g/mol. The van der Waals surface area contributed by atoms with E-state index in [4.69, 9.17) is 0 Å². The molecule has 2 rings (SSSR count). The third-order valence-electron chi connectivity index (χ3n) is 3.41. The molecule has 0 unspecified atom stereocenters. The van der Waals surface area contributed by atoms with E-state index in [1.807, 2.05) is 12.3 Å². The van der Waals surface area contributed by atoms with Crippen molar-refractivity contribution in [3.05, 3.63) is 42.0 Å². The molecule has 102 valence electrons. The Balaban J connectivity index is 2.30. The number of nitrogens with zero attached hydrogens (tertiary/aromatic N) is 2. The van der Waals surface area contributed by atoms with Gasteiger partial charge in [0.25, 0.3) is 0 Å². The van der Waals surface area contributed by atoms with Gasteiger partial charge in [0, 0.05) is 30.2 Å². The van der Waals surface area contributed by atoms with Gasteiger partial charge in [0.2, 0.25) is 0 Å². The van der Waals surface area contributed by atoms with Crippen LogP contribution < -0.4 is 0 Å². The molecule has 0 fully saturated rings. The zero-order valence-corrected chi connectivity index (χ0v) is 12.0. The lowest BCUT2D eigenvalue weighted by molar-refractivity contribution is 0.164. The standard InChI is InChI=1S/C16H21FN2/c1-11(2)19(12(3)4)10-16-8-14-7-15(17)6-5-13(14)9-18-16/h5-9,11-12H,10H2,1-4H3. The molecular weight excluding hydrogens is 239 g/mol. The van der Waals surface area contributed by atoms with Gasteiger partial charge in [-0.3, -0.25) is 9.88 Å². The van der Waals surface area contributed by atoms with Crippen LogP contribution in [0.4, 0.5) is 4.39 Å². The highest BCUT2D eigenvalue weighted by Crippen LogP contribution is 2.18. The molecule has 0 aliphatic heterocycles. The van der Waals surface area contributed by atoms with E-state index in [1.54, 1.807) is 12.1 Å². The van der Waals surface area contributed by atoms with Crippen LogP contribution in [0.3, 0.4) is 0 Å². The van der Waals surface area contributed by atoms with Crippen LogP contribution in [0.5, 0.6) is 0 Å². The maximum absolute atomic E-state index is 13.3. The number of hydrogen-bond acceptors (Lipinski definition) is 2. The predicted octanol–water partition coefficient (Wildman–Crippen LogP) is 3.99. The lowest BCUT2D eigenvalue weighted by Gasteiger charge is -2.30. The molecule has 0 bridgehead atoms. The Morgan fingerprint density at radius 2 is 1.74 bits per heavy atom. The first kappa shape index (κ1) is 13.9. The Hall–Kier alpha value is -1.48. The Kier molecular flexibility index (Phi) is 4.15. The minimum absolute atomic E-state index is 0.200. The summed E-state index contributed by atoms with van der Waals surface area (Å²) in [6.45, 7) is 9.52. The zero-order chi connectivity index (χ0) is 14.0. The normalized spacial score (nSPS) is 12.0. The van der Waals surface area contributed by atoms with E-state index in [0.29, 0.717) is 12.1 Å². The second-order valence-electron chi connectivity index (χ2n) is 5.53. The summed E-state index contributed by atoms with van der Waals surface area (Å²) < 4.78 is 13.3. The topological polar surface area (TPSA) is 16.1 Å². The first-order valence-corrected chi connectivity index (χ1v) is 6.77. The molecule has 3 heteroatoms. The van der Waals surface area contributed by atoms with Crippen molar-refractivity contribution in [3.63, 3.8) is 0 Å². The summed E-state index contributed by atoms with van der Waals surface area (Å²) in [4.78, 5) is 6.85. The van der Waals surface area contributed by atoms with Crippen LogP contribution >= 0.6 is 0 Å². The molecule has 0 saturated carbocycles. The van der Waals surface area contributed by atoms with E-state index in [0.717, 1.165) is 23.0 Å². The van der Waals surface area contributed by atoms with E-state index in [9.17, 15) is 4.39 Å². The van der Waals surface area contributed by atoms with E-state index in [2.05, 4.69) is 37.6 Å². The van der Waals surface area contributed by atoms with Crippen molar-refractivity contribution < 1.29 is 4.39 Å². The summed E-state index contributed by atoms with van der Waals surface area (Å²) in [5.41, 5.74) is 0.987. The summed E-state index contributed by atoms with van der Waals surface area (Å²) in [6.07, 6.45) is 1.82. The summed E-state index contributed by atoms with van der Waals surface area (Å²) in [7, 11) is 0. The van der Waals surface area contributed by atoms with Crippen molar-refractivity contribution in [2.24, 2.45) is 0 Å². The van der Waals surface area contributed by atoms with Crippen molar-refractivity contribution in [2.45, 2.75) is 46.3 Å². The fourth-order valence-corrected chi connectivity index (χ4v) is 2.39. The number of halogens is 1. The van der Waals surface area contributed by atoms with Crippen LogP contribution in [0, 0.1) is 5.82 Å². The average Bonchev–Trinajstić information content (AvgIpc) is 2.34. The number of hydrogen-bond donors (Lipinski definition) is 0. The monoisotopic (exact) mass is 260 g/mol. The van der Waals surface area contributed by atoms with Crippen molar-refractivity contribution in [1.29, 1.82) is 0 Å². The summed E-state index contributed by atoms with van der Waals surface area (Å²) >= 11 is 0. The molecule has 19 heavy (non-hydrogen) atoms. The number of rotatable bonds is 4. The van der Waals surface area contributed by atoms with Crippen LogP contribution in [0.25, 0.3) is 10.8 Å². The van der Waals surface area contributed by atoms with Crippen LogP contribution in [0.15, 0.2) is 30.5 Å². The van der Waals surface area contributed by atoms with Gasteiger partial charge in [-0.25, -0.2) is 4.39 Å². The maximum Gasteiger partial charge on any atom is 0.123 e. The van der Waals surface area contributed by atoms with Gasteiger partial charge in [0.05, 0.1) is 5.69 Å². The van der Waals surface area contributed by atoms with E-state index >= 15 is 0 Å². The Morgan fingerprint density at radius 1 is 1.05 bits per heavy atom. The Morgan fingerprint density at radius 3 is 2.37 bits per heavy atom. The third kappa shape index (κ3) is 3.29. The first-order valence-electron chi connectivity index (χ1n) is 6.77. The summed E-state index contributed by atoms with van der Waals surface area (Å²) in [5.74, 6) is -0.200. The summed E-state index contributed by atoms with van der Waals surface area (Å²) in [5, 5.41) is 1.89. The van der Waals surface area contributed by atoms with Gasteiger partial charge in [-0.1, -0.05) is 0 Å². The largest absolute Gasteiger partial charge is 0.293 e. The van der Waals surface area contributed by atoms with E-state index in [-0.39, 0.29) is 5.82 Å². The second kappa shape index (κ2) is 5.66. The lowest BCUT2D eigenvalue weighted by Crippen LogP contribution is -2.36. The molecule has 0 amide bonds. The fourth-order valence-electron chi connectivity index (χ4n) is 2.39. The third-order valence-corrected chi connectivity index (χ3v) is 3.41. The van der Waals surface area contributed by atoms with Gasteiger partial charge in [-0.2, -0.15) is 0 Å². The van der Waals surface area contributed by atoms with Gasteiger partial charge in [-0.05, 0) is 57.3 Å². The zero-order valence-electron chi connectivity index (χ0n) is 12.0. The molecule has 1 heterocycles. The molecule has 0 aliphatic carbocycles. The van der Waals surface area contributed by atoms with E-state index < -0.39 is 0 Å². The molecular formula is C16H21FN2. The van der Waals surface area contributed by atoms with Crippen LogP contribution in [0.2, 0.25) is 0 Å². The second-order valence-corrected chi connectivity index (χ2v) is 5.53. The SMILES string of the molecule is CC(C)N(Cc1cc2cc(F)ccc2cn1)C(C)C. The molecule has 1 aromatic heterocycles. The van der Waals surface area contributed by atoms with Crippen LogP contribution in [0.1, 0.15) is 33.4 Å². The maximum atomic E-state index is 13.3. The summed E-state index contributed by atoms with van der Waals surface area (Å²) in [6, 6.07) is 7.71. The highest BCUT2D eigenvalue weighted by atomic mass is 19.1. The molecule has 1 aromatic carbocycles. The van der Waals surface area contributed by atoms with Crippen molar-refractivity contribution in [3.8, 4) is 0 Å². The van der Waals surface area contributed by atoms with Gasteiger partial charge < -0.3 is 0 Å². The fraction of sp³-hybridized carbons (Fsp3) is 0.438. The predicted molar refractivity (Wildman–Crippen MR) is 77.5 cm³/mol. The molecule has 0 aliphatic rings. The van der Waals surface area contributed by atoms with Gasteiger partial charge >= 0.3 is 0 Å². The molecule has 0 saturated heterocycles. The van der Waals surface area contributed by atoms with Crippen molar-refractivity contribution in [1.82, 2.24) is 9.88 Å². The minimum Gasteiger partial charge on any atom is -0.293 e. The smallest absolute Gasteiger partial charge is 0.123 e. The van der Waals surface area contributed by atoms with E-state index in [1.165, 1.54) is 6.07 Å². The molecule has 0 atom stereocenters. The molecule has 0 radical (unpaired) electrons. The minimum atomic E-state index is -0.200. The first-order chi connectivity index (χ1) is 8.97. The molecule has 0 spiro atoms. The molecule has 2 aromatic rings. The highest BCUT2D eigenvalue weighted by Gasteiger charge is 2.14. The number of pyridine rings is 1. The Bertz CT molecular complexity index is 556. The van der Waals surface area contributed by atoms with Gasteiger partial charge in [0.15, 0.2) is 0 Å². The van der Waals surface area contributed by atoms with Gasteiger partial charge in [-0.15, -0.1) is 0 Å². The van der Waals surface area contributed by atoms with Crippen molar-refractivity contribution in [2.75, 3.05) is 0 Å². The Labute approximate surface area is 114 Å². The molecule has 0 N–H and O–H groups in total. The lowest BCUT2D eigenvalue weighted by atomic mass is 10.1. The number of benzene rings is 1.